The van der Waals surface area contributed by atoms with E-state index in [0.29, 0.717) is 5.69 Å². The lowest BCUT2D eigenvalue weighted by Gasteiger charge is -2.25. The van der Waals surface area contributed by atoms with Gasteiger partial charge in [-0.25, -0.2) is 18.5 Å². The second kappa shape index (κ2) is 11.0. The number of aromatic nitrogens is 3. The number of ether oxygens (including phenoxy) is 1. The molecule has 0 bridgehead atoms. The average molecular weight is 545 g/mol. The van der Waals surface area contributed by atoms with E-state index in [-0.39, 0.29) is 28.2 Å². The largest absolute Gasteiger partial charge is 0.341 e. The summed E-state index contributed by atoms with van der Waals surface area (Å²) in [6, 6.07) is 11.6. The van der Waals surface area contributed by atoms with E-state index in [1.165, 1.54) is 40.3 Å². The van der Waals surface area contributed by atoms with Gasteiger partial charge in [0.15, 0.2) is 10.9 Å². The second-order valence-corrected chi connectivity index (χ2v) is 10.7. The predicted molar refractivity (Wildman–Crippen MR) is 138 cm³/mol. The van der Waals surface area contributed by atoms with Crippen LogP contribution in [0.3, 0.4) is 0 Å². The van der Waals surface area contributed by atoms with E-state index in [4.69, 9.17) is 9.88 Å². The number of thioether (sulfide) groups is 1. The Morgan fingerprint density at radius 1 is 1.33 bits per heavy atom. The lowest BCUT2D eigenvalue weighted by molar-refractivity contribution is 0.0892. The molecule has 3 heterocycles. The SMILES string of the molecule is CCOC(/N=C1/Nn2c(nnc(/C=C/c3cccs3)c2=O)SC1C#N)Nc1ccc(S(N)(=O)=O)cc1. The summed E-state index contributed by atoms with van der Waals surface area (Å²) in [4.78, 5) is 18.4. The Morgan fingerprint density at radius 2 is 2.11 bits per heavy atom. The molecule has 2 aromatic heterocycles. The van der Waals surface area contributed by atoms with Crippen LogP contribution in [0.2, 0.25) is 0 Å². The van der Waals surface area contributed by atoms with Gasteiger partial charge >= 0.3 is 0 Å². The zero-order valence-electron chi connectivity index (χ0n) is 18.7. The van der Waals surface area contributed by atoms with Crippen LogP contribution < -0.4 is 21.4 Å². The summed E-state index contributed by atoms with van der Waals surface area (Å²) in [5.41, 5.74) is 3.03. The van der Waals surface area contributed by atoms with E-state index in [1.807, 2.05) is 17.5 Å². The molecule has 186 valence electrons. The van der Waals surface area contributed by atoms with Crippen LogP contribution in [0.4, 0.5) is 5.69 Å². The molecular formula is C21H20N8O4S3. The maximum absolute atomic E-state index is 13.0. The zero-order valence-corrected chi connectivity index (χ0v) is 21.2. The molecule has 4 rings (SSSR count). The standard InChI is InChI=1S/C21H20N8O4S3/c1-2-33-20(24-13-5-8-15(9-6-13)36(23,31)32)25-18-17(12-22)35-21-27-26-16(19(30)29(21)28-18)10-7-14-4-3-11-34-14/h3-11,17,20,24H,2H2,1H3,(H,25,28)(H2,23,31,32)/b10-7+. The van der Waals surface area contributed by atoms with Gasteiger partial charge in [-0.05, 0) is 54.8 Å². The quantitative estimate of drug-likeness (QED) is 0.355. The number of nitrogens with zero attached hydrogens (tertiary/aromatic N) is 5. The summed E-state index contributed by atoms with van der Waals surface area (Å²) in [6.45, 7) is 2.05. The van der Waals surface area contributed by atoms with Crippen molar-refractivity contribution >= 4 is 56.8 Å². The fraction of sp³-hybridized carbons (Fsp3) is 0.190. The number of rotatable bonds is 8. The predicted octanol–water partition coefficient (Wildman–Crippen LogP) is 1.89. The van der Waals surface area contributed by atoms with Crippen LogP contribution in [0.1, 0.15) is 17.5 Å². The molecule has 0 amide bonds. The lowest BCUT2D eigenvalue weighted by atomic mass is 10.3. The maximum Gasteiger partial charge on any atom is 0.299 e. The Morgan fingerprint density at radius 3 is 2.75 bits per heavy atom. The van der Waals surface area contributed by atoms with Crippen molar-refractivity contribution in [1.29, 1.82) is 5.26 Å². The average Bonchev–Trinajstić information content (AvgIpc) is 3.37. The maximum atomic E-state index is 13.0. The van der Waals surface area contributed by atoms with Gasteiger partial charge in [0.25, 0.3) is 5.56 Å². The Kier molecular flexibility index (Phi) is 7.82. The molecule has 2 unspecified atom stereocenters. The molecule has 1 aliphatic rings. The van der Waals surface area contributed by atoms with E-state index in [2.05, 4.69) is 32.0 Å². The minimum absolute atomic E-state index is 0.0387. The fourth-order valence-electron chi connectivity index (χ4n) is 3.01. The topological polar surface area (TPSA) is 177 Å². The van der Waals surface area contributed by atoms with Crippen LogP contribution in [0.5, 0.6) is 0 Å². The molecule has 0 radical (unpaired) electrons. The van der Waals surface area contributed by atoms with Crippen molar-refractivity contribution < 1.29 is 13.2 Å². The summed E-state index contributed by atoms with van der Waals surface area (Å²) >= 11 is 2.54. The van der Waals surface area contributed by atoms with Gasteiger partial charge in [0, 0.05) is 17.2 Å². The lowest BCUT2D eigenvalue weighted by Crippen LogP contribution is -2.45. The minimum Gasteiger partial charge on any atom is -0.341 e. The Labute approximate surface area is 214 Å². The highest BCUT2D eigenvalue weighted by atomic mass is 32.2. The molecule has 1 aromatic carbocycles. The number of amidine groups is 1. The second-order valence-electron chi connectivity index (χ2n) is 7.13. The summed E-state index contributed by atoms with van der Waals surface area (Å²) < 4.78 is 29.8. The number of anilines is 1. The van der Waals surface area contributed by atoms with Crippen molar-refractivity contribution in [1.82, 2.24) is 14.9 Å². The van der Waals surface area contributed by atoms with Crippen LogP contribution in [0.25, 0.3) is 12.2 Å². The summed E-state index contributed by atoms with van der Waals surface area (Å²) in [6.07, 6.45) is 2.39. The normalized spacial score (nSPS) is 17.4. The number of sulfonamides is 1. The summed E-state index contributed by atoms with van der Waals surface area (Å²) in [7, 11) is -3.83. The van der Waals surface area contributed by atoms with Gasteiger partial charge in [0.2, 0.25) is 21.5 Å². The van der Waals surface area contributed by atoms with Gasteiger partial charge in [-0.1, -0.05) is 17.8 Å². The van der Waals surface area contributed by atoms with Gasteiger partial charge in [-0.3, -0.25) is 10.2 Å². The number of hydrogen-bond acceptors (Lipinski definition) is 11. The summed E-state index contributed by atoms with van der Waals surface area (Å²) in [5, 5.41) is 27.2. The van der Waals surface area contributed by atoms with Gasteiger partial charge in [-0.2, -0.15) is 9.94 Å². The third-order valence-electron chi connectivity index (χ3n) is 4.67. The molecule has 3 aromatic rings. The third-order valence-corrected chi connectivity index (χ3v) is 7.48. The van der Waals surface area contributed by atoms with E-state index in [9.17, 15) is 18.5 Å². The molecule has 0 aliphatic carbocycles. The molecule has 0 spiro atoms. The number of aliphatic imine (C=N–C) groups is 1. The fourth-order valence-corrected chi connectivity index (χ4v) is 4.95. The third kappa shape index (κ3) is 5.98. The van der Waals surface area contributed by atoms with Crippen molar-refractivity contribution in [2.45, 2.75) is 28.6 Å². The van der Waals surface area contributed by atoms with E-state index >= 15 is 0 Å². The van der Waals surface area contributed by atoms with Gasteiger partial charge < -0.3 is 10.1 Å². The van der Waals surface area contributed by atoms with E-state index < -0.39 is 27.2 Å². The molecule has 12 nitrogen and oxygen atoms in total. The molecule has 4 N–H and O–H groups in total. The van der Waals surface area contributed by atoms with Crippen LogP contribution in [0, 0.1) is 11.3 Å². The van der Waals surface area contributed by atoms with Crippen molar-refractivity contribution in [2.24, 2.45) is 10.1 Å². The van der Waals surface area contributed by atoms with Crippen molar-refractivity contribution in [2.75, 3.05) is 17.3 Å². The molecule has 0 saturated heterocycles. The Balaban J connectivity index is 1.61. The number of nitrogens with one attached hydrogen (secondary N) is 2. The molecule has 15 heteroatoms. The highest BCUT2D eigenvalue weighted by Crippen LogP contribution is 2.25. The molecule has 0 saturated carbocycles. The first kappa shape index (κ1) is 25.5. The van der Waals surface area contributed by atoms with E-state index in [1.54, 1.807) is 19.1 Å². The molecule has 1 aliphatic heterocycles. The minimum atomic E-state index is -3.83. The van der Waals surface area contributed by atoms with Crippen molar-refractivity contribution in [3.63, 3.8) is 0 Å². The molecule has 0 fully saturated rings. The zero-order chi connectivity index (χ0) is 25.7. The first-order valence-corrected chi connectivity index (χ1v) is 13.7. The van der Waals surface area contributed by atoms with Gasteiger partial charge in [0.1, 0.15) is 5.84 Å². The number of benzene rings is 1. The smallest absolute Gasteiger partial charge is 0.299 e. The van der Waals surface area contributed by atoms with Crippen molar-refractivity contribution in [3.05, 3.63) is 62.7 Å². The van der Waals surface area contributed by atoms with E-state index in [0.717, 1.165) is 16.6 Å². The number of thiophene rings is 1. The highest BCUT2D eigenvalue weighted by Gasteiger charge is 2.29. The molecule has 36 heavy (non-hydrogen) atoms. The molecule has 2 atom stereocenters. The number of fused-ring (bicyclic) bond motifs is 1. The Bertz CT molecular complexity index is 1490. The Hall–Kier alpha value is -3.55. The number of primary sulfonamides is 1. The number of nitriles is 1. The first-order valence-electron chi connectivity index (χ1n) is 10.4. The van der Waals surface area contributed by atoms with Gasteiger partial charge in [-0.15, -0.1) is 21.5 Å². The monoisotopic (exact) mass is 544 g/mol. The van der Waals surface area contributed by atoms with Crippen LogP contribution in [-0.2, 0) is 14.8 Å². The highest BCUT2D eigenvalue weighted by molar-refractivity contribution is 8.00. The van der Waals surface area contributed by atoms with Crippen LogP contribution in [0.15, 0.2) is 61.6 Å². The van der Waals surface area contributed by atoms with Crippen molar-refractivity contribution in [3.8, 4) is 6.07 Å². The number of nitrogens with two attached hydrogens (primary N) is 1. The first-order chi connectivity index (χ1) is 17.3. The van der Waals surface area contributed by atoms with Crippen LogP contribution >= 0.6 is 23.1 Å². The van der Waals surface area contributed by atoms with Gasteiger partial charge in [0.05, 0.1) is 11.0 Å². The number of hydrogen-bond donors (Lipinski definition) is 3. The van der Waals surface area contributed by atoms with Crippen LogP contribution in [-0.4, -0.2) is 47.3 Å². The summed E-state index contributed by atoms with van der Waals surface area (Å²) in [5.74, 6) is 0.172. The molecular weight excluding hydrogens is 524 g/mol.